The van der Waals surface area contributed by atoms with Crippen LogP contribution in [0.4, 0.5) is 4.79 Å². The van der Waals surface area contributed by atoms with E-state index in [1.807, 2.05) is 20.8 Å². The number of nitrogens with one attached hydrogen (secondary N) is 2. The van der Waals surface area contributed by atoms with Gasteiger partial charge in [-0.2, -0.15) is 0 Å². The predicted molar refractivity (Wildman–Crippen MR) is 81.1 cm³/mol. The van der Waals surface area contributed by atoms with Crippen molar-refractivity contribution < 1.29 is 19.1 Å². The van der Waals surface area contributed by atoms with Gasteiger partial charge in [-0.15, -0.1) is 0 Å². The highest BCUT2D eigenvalue weighted by Gasteiger charge is 2.15. The van der Waals surface area contributed by atoms with Crippen molar-refractivity contribution in [2.75, 3.05) is 31.6 Å². The molecule has 0 aliphatic carbocycles. The Bertz CT molecular complexity index is 293. The zero-order valence-electron chi connectivity index (χ0n) is 12.5. The van der Waals surface area contributed by atoms with E-state index in [4.69, 9.17) is 9.47 Å². The minimum absolute atomic E-state index is 0.0217. The van der Waals surface area contributed by atoms with E-state index in [1.165, 1.54) is 0 Å². The van der Waals surface area contributed by atoms with Gasteiger partial charge < -0.3 is 20.1 Å². The van der Waals surface area contributed by atoms with Crippen LogP contribution in [0.2, 0.25) is 0 Å². The van der Waals surface area contributed by atoms with Gasteiger partial charge >= 0.3 is 6.09 Å². The number of hydrogen-bond donors (Lipinski definition) is 2. The highest BCUT2D eigenvalue weighted by molar-refractivity contribution is 9.09. The Hall–Kier alpha value is -0.820. The molecule has 0 radical (unpaired) electrons. The number of alkyl halides is 1. The maximum absolute atomic E-state index is 11.3. The lowest BCUT2D eigenvalue weighted by Crippen LogP contribution is -2.33. The number of ether oxygens (including phenoxy) is 2. The van der Waals surface area contributed by atoms with E-state index >= 15 is 0 Å². The molecule has 0 aromatic heterocycles. The lowest BCUT2D eigenvalue weighted by Gasteiger charge is -2.19. The summed E-state index contributed by atoms with van der Waals surface area (Å²) in [7, 11) is 0. The van der Waals surface area contributed by atoms with E-state index in [9.17, 15) is 9.59 Å². The zero-order valence-corrected chi connectivity index (χ0v) is 14.0. The fraction of sp³-hybridized carbons (Fsp3) is 0.846. The molecule has 0 aromatic rings. The van der Waals surface area contributed by atoms with Gasteiger partial charge in [-0.25, -0.2) is 4.79 Å². The molecule has 0 saturated carbocycles. The van der Waals surface area contributed by atoms with Gasteiger partial charge in [0.2, 0.25) is 5.91 Å². The van der Waals surface area contributed by atoms with E-state index in [0.29, 0.717) is 31.6 Å². The monoisotopic (exact) mass is 352 g/mol. The standard InChI is InChI=1S/C13H25BrN2O4/c1-13(2,3)20-12(18)16-7-5-9-19-8-4-6-15-11(17)10-14/h4-10H2,1-3H3,(H,15,17)(H,16,18). The summed E-state index contributed by atoms with van der Waals surface area (Å²) in [5.41, 5.74) is -0.472. The van der Waals surface area contributed by atoms with E-state index < -0.39 is 11.7 Å². The van der Waals surface area contributed by atoms with Gasteiger partial charge in [0.25, 0.3) is 0 Å². The molecule has 20 heavy (non-hydrogen) atoms. The Morgan fingerprint density at radius 1 is 1.05 bits per heavy atom. The Kier molecular flexibility index (Phi) is 10.5. The molecule has 6 nitrogen and oxygen atoms in total. The van der Waals surface area contributed by atoms with Crippen molar-refractivity contribution in [3.8, 4) is 0 Å². The molecule has 0 aliphatic heterocycles. The number of alkyl carbamates (subject to hydrolysis) is 1. The van der Waals surface area contributed by atoms with E-state index in [2.05, 4.69) is 26.6 Å². The molecule has 0 heterocycles. The summed E-state index contributed by atoms with van der Waals surface area (Å²) in [5.74, 6) is -0.0217. The first-order valence-corrected chi connectivity index (χ1v) is 7.84. The molecular formula is C13H25BrN2O4. The van der Waals surface area contributed by atoms with E-state index in [-0.39, 0.29) is 5.91 Å². The van der Waals surface area contributed by atoms with Gasteiger partial charge in [0.15, 0.2) is 0 Å². The van der Waals surface area contributed by atoms with Crippen molar-refractivity contribution in [1.29, 1.82) is 0 Å². The molecule has 0 spiro atoms. The van der Waals surface area contributed by atoms with E-state index in [1.54, 1.807) is 0 Å². The average molecular weight is 353 g/mol. The fourth-order valence-electron chi connectivity index (χ4n) is 1.23. The molecule has 2 N–H and O–H groups in total. The fourth-order valence-corrected chi connectivity index (χ4v) is 1.43. The Balaban J connectivity index is 3.29. The summed E-state index contributed by atoms with van der Waals surface area (Å²) >= 11 is 3.07. The van der Waals surface area contributed by atoms with Crippen molar-refractivity contribution in [3.05, 3.63) is 0 Å². The molecule has 2 amide bonds. The van der Waals surface area contributed by atoms with Crippen LogP contribution in [-0.4, -0.2) is 49.2 Å². The van der Waals surface area contributed by atoms with Crippen LogP contribution in [0.1, 0.15) is 33.6 Å². The van der Waals surface area contributed by atoms with Gasteiger partial charge in [-0.1, -0.05) is 15.9 Å². The minimum atomic E-state index is -0.472. The molecule has 0 aliphatic rings. The first-order valence-electron chi connectivity index (χ1n) is 6.72. The molecule has 0 unspecified atom stereocenters. The van der Waals surface area contributed by atoms with Crippen LogP contribution in [0, 0.1) is 0 Å². The molecule has 118 valence electrons. The van der Waals surface area contributed by atoms with Crippen LogP contribution >= 0.6 is 15.9 Å². The van der Waals surface area contributed by atoms with Crippen LogP contribution in [0.5, 0.6) is 0 Å². The summed E-state index contributed by atoms with van der Waals surface area (Å²) < 4.78 is 10.5. The molecular weight excluding hydrogens is 328 g/mol. The topological polar surface area (TPSA) is 76.7 Å². The highest BCUT2D eigenvalue weighted by Crippen LogP contribution is 2.06. The highest BCUT2D eigenvalue weighted by atomic mass is 79.9. The largest absolute Gasteiger partial charge is 0.444 e. The summed E-state index contributed by atoms with van der Waals surface area (Å²) in [5, 5.41) is 5.72. The van der Waals surface area contributed by atoms with Crippen molar-refractivity contribution in [3.63, 3.8) is 0 Å². The summed E-state index contributed by atoms with van der Waals surface area (Å²) in [6.07, 6.45) is 1.10. The third kappa shape index (κ3) is 13.6. The first kappa shape index (κ1) is 19.2. The lowest BCUT2D eigenvalue weighted by molar-refractivity contribution is -0.118. The number of rotatable bonds is 9. The smallest absolute Gasteiger partial charge is 0.407 e. The molecule has 0 aromatic carbocycles. The van der Waals surface area contributed by atoms with Crippen LogP contribution in [0.3, 0.4) is 0 Å². The minimum Gasteiger partial charge on any atom is -0.444 e. The van der Waals surface area contributed by atoms with Gasteiger partial charge in [0, 0.05) is 26.3 Å². The summed E-state index contributed by atoms with van der Waals surface area (Å²) in [6.45, 7) is 7.77. The van der Waals surface area contributed by atoms with Crippen LogP contribution in [0.25, 0.3) is 0 Å². The molecule has 0 atom stereocenters. The number of carbonyl (C=O) groups is 2. The quantitative estimate of drug-likeness (QED) is 0.490. The second-order valence-electron chi connectivity index (χ2n) is 5.23. The second-order valence-corrected chi connectivity index (χ2v) is 5.79. The Morgan fingerprint density at radius 3 is 2.10 bits per heavy atom. The Morgan fingerprint density at radius 2 is 1.60 bits per heavy atom. The molecule has 0 saturated heterocycles. The number of carbonyl (C=O) groups excluding carboxylic acids is 2. The van der Waals surface area contributed by atoms with E-state index in [0.717, 1.165) is 12.8 Å². The van der Waals surface area contributed by atoms with Crippen molar-refractivity contribution in [1.82, 2.24) is 10.6 Å². The second kappa shape index (κ2) is 10.9. The average Bonchev–Trinajstić information content (AvgIpc) is 2.34. The van der Waals surface area contributed by atoms with Crippen LogP contribution in [0.15, 0.2) is 0 Å². The predicted octanol–water partition coefficient (Wildman–Crippen LogP) is 1.82. The zero-order chi connectivity index (χ0) is 15.4. The third-order valence-corrected chi connectivity index (χ3v) is 2.55. The normalized spacial score (nSPS) is 11.0. The van der Waals surface area contributed by atoms with Crippen LogP contribution in [-0.2, 0) is 14.3 Å². The first-order chi connectivity index (χ1) is 9.35. The molecule has 0 rings (SSSR count). The molecule has 7 heteroatoms. The van der Waals surface area contributed by atoms with Crippen molar-refractivity contribution >= 4 is 27.9 Å². The maximum atomic E-state index is 11.3. The summed E-state index contributed by atoms with van der Waals surface area (Å²) in [6, 6.07) is 0. The molecule has 0 fully saturated rings. The van der Waals surface area contributed by atoms with Crippen LogP contribution < -0.4 is 10.6 Å². The van der Waals surface area contributed by atoms with Gasteiger partial charge in [0.1, 0.15) is 5.60 Å². The third-order valence-electron chi connectivity index (χ3n) is 2.04. The maximum Gasteiger partial charge on any atom is 0.407 e. The lowest BCUT2D eigenvalue weighted by atomic mass is 10.2. The number of amides is 2. The summed E-state index contributed by atoms with van der Waals surface area (Å²) in [4.78, 5) is 22.2. The van der Waals surface area contributed by atoms with Crippen molar-refractivity contribution in [2.24, 2.45) is 0 Å². The number of hydrogen-bond acceptors (Lipinski definition) is 4. The van der Waals surface area contributed by atoms with Gasteiger partial charge in [-0.3, -0.25) is 4.79 Å². The van der Waals surface area contributed by atoms with Gasteiger partial charge in [0.05, 0.1) is 5.33 Å². The van der Waals surface area contributed by atoms with Crippen molar-refractivity contribution in [2.45, 2.75) is 39.2 Å². The Labute approximate surface area is 129 Å². The number of halogens is 1. The SMILES string of the molecule is CC(C)(C)OC(=O)NCCCOCCCNC(=O)CBr. The van der Waals surface area contributed by atoms with Gasteiger partial charge in [-0.05, 0) is 33.6 Å². The molecule has 0 bridgehead atoms.